The average Bonchev–Trinajstić information content (AvgIpc) is 3.11. The van der Waals surface area contributed by atoms with E-state index < -0.39 is 0 Å². The molecule has 0 atom stereocenters. The van der Waals surface area contributed by atoms with E-state index in [1.165, 1.54) is 29.1 Å². The highest BCUT2D eigenvalue weighted by Gasteiger charge is 2.17. The molecule has 2 heterocycles. The molecule has 0 spiro atoms. The van der Waals surface area contributed by atoms with Crippen LogP contribution in [0.5, 0.6) is 0 Å². The van der Waals surface area contributed by atoms with Gasteiger partial charge >= 0.3 is 0 Å². The maximum Gasteiger partial charge on any atom is 0.258 e. The van der Waals surface area contributed by atoms with E-state index in [1.807, 2.05) is 5.38 Å². The predicted octanol–water partition coefficient (Wildman–Crippen LogP) is 2.65. The molecule has 2 aromatic rings. The van der Waals surface area contributed by atoms with E-state index in [0.29, 0.717) is 17.2 Å². The summed E-state index contributed by atoms with van der Waals surface area (Å²) in [5.74, 6) is 5.59. The van der Waals surface area contributed by atoms with Gasteiger partial charge in [0.15, 0.2) is 5.13 Å². The minimum absolute atomic E-state index is 0.127. The van der Waals surface area contributed by atoms with Gasteiger partial charge in [-0.25, -0.2) is 4.98 Å². The van der Waals surface area contributed by atoms with Crippen molar-refractivity contribution in [2.75, 3.05) is 11.9 Å². The van der Waals surface area contributed by atoms with Crippen LogP contribution in [0.2, 0.25) is 0 Å². The van der Waals surface area contributed by atoms with Crippen molar-refractivity contribution in [1.29, 1.82) is 0 Å². The van der Waals surface area contributed by atoms with Crippen LogP contribution in [0.1, 0.15) is 38.6 Å². The minimum Gasteiger partial charge on any atom is -0.320 e. The third kappa shape index (κ3) is 3.32. The van der Waals surface area contributed by atoms with Crippen LogP contribution in [0.3, 0.4) is 0 Å². The zero-order valence-corrected chi connectivity index (χ0v) is 13.1. The third-order valence-electron chi connectivity index (χ3n) is 3.24. The number of nitrogens with two attached hydrogens (primary N) is 1. The zero-order valence-electron chi connectivity index (χ0n) is 11.4. The van der Waals surface area contributed by atoms with Crippen molar-refractivity contribution < 1.29 is 4.79 Å². The highest BCUT2D eigenvalue weighted by molar-refractivity contribution is 7.16. The maximum absolute atomic E-state index is 12.2. The Kier molecular flexibility index (Phi) is 4.34. The van der Waals surface area contributed by atoms with Gasteiger partial charge in [0.2, 0.25) is 0 Å². The van der Waals surface area contributed by atoms with Gasteiger partial charge < -0.3 is 5.73 Å². The number of rotatable bonds is 2. The summed E-state index contributed by atoms with van der Waals surface area (Å²) in [4.78, 5) is 18.9. The number of thiazole rings is 1. The molecule has 1 aliphatic rings. The largest absolute Gasteiger partial charge is 0.320 e. The van der Waals surface area contributed by atoms with Crippen LogP contribution < -0.4 is 11.1 Å². The van der Waals surface area contributed by atoms with Crippen molar-refractivity contribution in [2.45, 2.75) is 25.7 Å². The van der Waals surface area contributed by atoms with Gasteiger partial charge in [-0.3, -0.25) is 10.1 Å². The topological polar surface area (TPSA) is 68.0 Å². The number of aryl methyl sites for hydroxylation is 2. The van der Waals surface area contributed by atoms with Crippen molar-refractivity contribution >= 4 is 33.7 Å². The molecule has 0 fully saturated rings. The Morgan fingerprint density at radius 1 is 1.43 bits per heavy atom. The smallest absolute Gasteiger partial charge is 0.258 e. The molecule has 108 valence electrons. The van der Waals surface area contributed by atoms with Gasteiger partial charge in [0.25, 0.3) is 5.91 Å². The van der Waals surface area contributed by atoms with Gasteiger partial charge in [-0.05, 0) is 31.7 Å². The van der Waals surface area contributed by atoms with E-state index in [4.69, 9.17) is 5.73 Å². The van der Waals surface area contributed by atoms with Gasteiger partial charge in [0.05, 0.1) is 22.7 Å². The van der Waals surface area contributed by atoms with Gasteiger partial charge in [-0.1, -0.05) is 11.8 Å². The number of hydrogen-bond acceptors (Lipinski definition) is 5. The number of aromatic nitrogens is 1. The van der Waals surface area contributed by atoms with Crippen LogP contribution in [0, 0.1) is 11.8 Å². The Morgan fingerprint density at radius 3 is 3.10 bits per heavy atom. The highest BCUT2D eigenvalue weighted by atomic mass is 32.1. The molecule has 0 aliphatic heterocycles. The number of carbonyl (C=O) groups is 1. The molecule has 3 N–H and O–H groups in total. The molecule has 4 nitrogen and oxygen atoms in total. The Morgan fingerprint density at radius 2 is 2.29 bits per heavy atom. The van der Waals surface area contributed by atoms with Crippen LogP contribution >= 0.6 is 22.7 Å². The Balaban J connectivity index is 1.71. The van der Waals surface area contributed by atoms with Crippen LogP contribution in [-0.2, 0) is 12.8 Å². The molecule has 0 saturated carbocycles. The fraction of sp³-hybridized carbons (Fsp3) is 0.333. The quantitative estimate of drug-likeness (QED) is 0.837. The molecule has 2 aromatic heterocycles. The van der Waals surface area contributed by atoms with E-state index in [1.54, 1.807) is 17.4 Å². The minimum atomic E-state index is -0.127. The second kappa shape index (κ2) is 6.39. The molecule has 6 heteroatoms. The lowest BCUT2D eigenvalue weighted by atomic mass is 10.0. The summed E-state index contributed by atoms with van der Waals surface area (Å²) in [6.45, 7) is 0.324. The molecular formula is C15H15N3OS2. The lowest BCUT2D eigenvalue weighted by Crippen LogP contribution is -2.10. The number of thiophene rings is 1. The molecule has 21 heavy (non-hydrogen) atoms. The summed E-state index contributed by atoms with van der Waals surface area (Å²) in [5, 5.41) is 5.40. The van der Waals surface area contributed by atoms with Crippen molar-refractivity contribution in [2.24, 2.45) is 5.73 Å². The lowest BCUT2D eigenvalue weighted by molar-refractivity contribution is 0.102. The molecule has 1 amide bonds. The number of fused-ring (bicyclic) bond motifs is 1. The average molecular weight is 317 g/mol. The van der Waals surface area contributed by atoms with Crippen molar-refractivity contribution in [1.82, 2.24) is 4.98 Å². The fourth-order valence-electron chi connectivity index (χ4n) is 2.23. The van der Waals surface area contributed by atoms with Crippen molar-refractivity contribution in [3.05, 3.63) is 32.5 Å². The van der Waals surface area contributed by atoms with Crippen molar-refractivity contribution in [3.63, 3.8) is 0 Å². The van der Waals surface area contributed by atoms with E-state index in [0.717, 1.165) is 23.4 Å². The molecule has 0 unspecified atom stereocenters. The fourth-order valence-corrected chi connectivity index (χ4v) is 4.03. The zero-order chi connectivity index (χ0) is 14.7. The number of nitrogens with zero attached hydrogens (tertiary/aromatic N) is 1. The van der Waals surface area contributed by atoms with Gasteiger partial charge in [0.1, 0.15) is 0 Å². The van der Waals surface area contributed by atoms with Gasteiger partial charge in [-0.2, -0.15) is 0 Å². The Hall–Kier alpha value is -1.68. The number of hydrogen-bond donors (Lipinski definition) is 2. The number of carbonyl (C=O) groups excluding carboxylic acids is 1. The summed E-state index contributed by atoms with van der Waals surface area (Å²) in [6, 6.07) is 1.79. The first kappa shape index (κ1) is 14.3. The molecule has 3 rings (SSSR count). The molecule has 0 radical (unpaired) electrons. The Bertz CT molecular complexity index is 697. The summed E-state index contributed by atoms with van der Waals surface area (Å²) < 4.78 is 0. The molecule has 1 aliphatic carbocycles. The van der Waals surface area contributed by atoms with Crippen LogP contribution in [-0.4, -0.2) is 17.4 Å². The normalized spacial score (nSPS) is 13.2. The molecular weight excluding hydrogens is 302 g/mol. The van der Waals surface area contributed by atoms with Gasteiger partial charge in [-0.15, -0.1) is 22.7 Å². The first-order valence-electron chi connectivity index (χ1n) is 6.83. The number of anilines is 1. The van der Waals surface area contributed by atoms with E-state index >= 15 is 0 Å². The second-order valence-corrected chi connectivity index (χ2v) is 6.75. The summed E-state index contributed by atoms with van der Waals surface area (Å²) in [5.41, 5.74) is 7.11. The highest BCUT2D eigenvalue weighted by Crippen LogP contribution is 2.29. The molecule has 0 aromatic carbocycles. The summed E-state index contributed by atoms with van der Waals surface area (Å²) in [7, 11) is 0. The van der Waals surface area contributed by atoms with E-state index in [9.17, 15) is 4.79 Å². The van der Waals surface area contributed by atoms with Gasteiger partial charge in [0, 0.05) is 10.3 Å². The SMILES string of the molecule is NCC#Cc1cc(C(=O)Nc2nc3c(s2)CCCC3)cs1. The summed E-state index contributed by atoms with van der Waals surface area (Å²) >= 11 is 3.04. The standard InChI is InChI=1S/C15H15N3OS2/c16-7-3-4-11-8-10(9-20-11)14(19)18-15-17-12-5-1-2-6-13(12)21-15/h8-9H,1-2,5-7,16H2,(H,17,18,19). The lowest BCUT2D eigenvalue weighted by Gasteiger charge is -2.06. The maximum atomic E-state index is 12.2. The molecule has 0 saturated heterocycles. The predicted molar refractivity (Wildman–Crippen MR) is 87.0 cm³/mol. The monoisotopic (exact) mass is 317 g/mol. The van der Waals surface area contributed by atoms with Crippen LogP contribution in [0.15, 0.2) is 11.4 Å². The first-order chi connectivity index (χ1) is 10.3. The Labute approximate surface area is 131 Å². The first-order valence-corrected chi connectivity index (χ1v) is 8.53. The van der Waals surface area contributed by atoms with E-state index in [2.05, 4.69) is 22.1 Å². The molecule has 0 bridgehead atoms. The third-order valence-corrected chi connectivity index (χ3v) is 5.16. The van der Waals surface area contributed by atoms with Crippen LogP contribution in [0.4, 0.5) is 5.13 Å². The summed E-state index contributed by atoms with van der Waals surface area (Å²) in [6.07, 6.45) is 4.52. The van der Waals surface area contributed by atoms with Crippen LogP contribution in [0.25, 0.3) is 0 Å². The number of amides is 1. The second-order valence-electron chi connectivity index (χ2n) is 4.76. The number of nitrogens with one attached hydrogen (secondary N) is 1. The van der Waals surface area contributed by atoms with Crippen molar-refractivity contribution in [3.8, 4) is 11.8 Å². The van der Waals surface area contributed by atoms with E-state index in [-0.39, 0.29) is 5.91 Å².